The van der Waals surface area contributed by atoms with E-state index in [9.17, 15) is 4.79 Å². The topological polar surface area (TPSA) is 61.6 Å². The molecule has 1 amide bonds. The summed E-state index contributed by atoms with van der Waals surface area (Å²) in [6, 6.07) is 0. The van der Waals surface area contributed by atoms with E-state index in [0.29, 0.717) is 0 Å². The maximum Gasteiger partial charge on any atom is 0.222 e. The fraction of sp³-hybridized carbons (Fsp3) is 0.950. The van der Waals surface area contributed by atoms with Gasteiger partial charge < -0.3 is 20.9 Å². The van der Waals surface area contributed by atoms with Crippen LogP contribution >= 0.6 is 0 Å². The van der Waals surface area contributed by atoms with Crippen molar-refractivity contribution in [2.75, 3.05) is 52.4 Å². The first-order valence-corrected chi connectivity index (χ1v) is 10.5. The molecule has 0 saturated heterocycles. The summed E-state index contributed by atoms with van der Waals surface area (Å²) in [7, 11) is 0. The van der Waals surface area contributed by atoms with Crippen LogP contribution in [0, 0.1) is 5.92 Å². The van der Waals surface area contributed by atoms with Gasteiger partial charge in [0.15, 0.2) is 0 Å². The zero-order valence-corrected chi connectivity index (χ0v) is 17.9. The smallest absolute Gasteiger partial charge is 0.222 e. The predicted octanol–water partition coefficient (Wildman–Crippen LogP) is 2.95. The second-order valence-corrected chi connectivity index (χ2v) is 6.32. The average Bonchev–Trinajstić information content (AvgIpc) is 2.66. The molecule has 1 atom stereocenters. The molecule has 0 heterocycles. The molecule has 0 aliphatic carbocycles. The molecule has 5 nitrogen and oxygen atoms in total. The zero-order chi connectivity index (χ0) is 19.5. The van der Waals surface area contributed by atoms with Crippen molar-refractivity contribution in [3.8, 4) is 0 Å². The molecule has 0 radical (unpaired) electrons. The molecule has 0 spiro atoms. The van der Waals surface area contributed by atoms with Gasteiger partial charge in [0.1, 0.15) is 0 Å². The Bertz CT molecular complexity index is 287. The molecule has 0 aliphatic heterocycles. The molecule has 0 aromatic heterocycles. The summed E-state index contributed by atoms with van der Waals surface area (Å²) in [6.07, 6.45) is 4.22. The second kappa shape index (κ2) is 19.7. The van der Waals surface area contributed by atoms with Crippen LogP contribution in [0.25, 0.3) is 0 Å². The van der Waals surface area contributed by atoms with Gasteiger partial charge in [-0.1, -0.05) is 41.5 Å². The van der Waals surface area contributed by atoms with Crippen molar-refractivity contribution in [2.45, 2.75) is 67.2 Å². The summed E-state index contributed by atoms with van der Waals surface area (Å²) < 4.78 is 0. The molecule has 152 valence electrons. The number of nitrogens with one attached hydrogen (secondary N) is 1. The Labute approximate surface area is 157 Å². The molecule has 5 heteroatoms. The molecule has 1 unspecified atom stereocenters. The van der Waals surface area contributed by atoms with Crippen molar-refractivity contribution in [1.82, 2.24) is 15.1 Å². The van der Waals surface area contributed by atoms with E-state index in [1.165, 1.54) is 6.42 Å². The van der Waals surface area contributed by atoms with Gasteiger partial charge in [0, 0.05) is 12.5 Å². The molecule has 0 aromatic carbocycles. The minimum atomic E-state index is 0.130. The third-order valence-electron chi connectivity index (χ3n) is 4.53. The largest absolute Gasteiger partial charge is 0.356 e. The Balaban J connectivity index is 0. The van der Waals surface area contributed by atoms with E-state index in [2.05, 4.69) is 35.9 Å². The van der Waals surface area contributed by atoms with E-state index in [4.69, 9.17) is 5.73 Å². The number of carbonyl (C=O) groups is 1. The molecule has 0 fully saturated rings. The van der Waals surface area contributed by atoms with Crippen LogP contribution in [-0.4, -0.2) is 68.1 Å². The van der Waals surface area contributed by atoms with Gasteiger partial charge in [-0.2, -0.15) is 0 Å². The van der Waals surface area contributed by atoms with Crippen LogP contribution in [0.5, 0.6) is 0 Å². The lowest BCUT2D eigenvalue weighted by Gasteiger charge is -2.24. The van der Waals surface area contributed by atoms with Crippen LogP contribution in [0.15, 0.2) is 0 Å². The Hall–Kier alpha value is -0.650. The molecule has 0 aromatic rings. The Kier molecular flexibility index (Phi) is 20.9. The van der Waals surface area contributed by atoms with Gasteiger partial charge in [-0.3, -0.25) is 4.79 Å². The molecule has 3 N–H and O–H groups in total. The summed E-state index contributed by atoms with van der Waals surface area (Å²) in [5.41, 5.74) is 5.58. The van der Waals surface area contributed by atoms with Crippen molar-refractivity contribution in [2.24, 2.45) is 11.7 Å². The fourth-order valence-corrected chi connectivity index (χ4v) is 2.56. The Morgan fingerprint density at radius 3 is 1.84 bits per heavy atom. The van der Waals surface area contributed by atoms with Gasteiger partial charge in [0.2, 0.25) is 5.91 Å². The number of carbonyl (C=O) groups excluding carboxylic acids is 1. The van der Waals surface area contributed by atoms with Gasteiger partial charge in [-0.25, -0.2) is 0 Å². The Morgan fingerprint density at radius 2 is 1.40 bits per heavy atom. The maximum absolute atomic E-state index is 11.7. The van der Waals surface area contributed by atoms with Crippen molar-refractivity contribution in [1.29, 1.82) is 0 Å². The van der Waals surface area contributed by atoms with Crippen molar-refractivity contribution in [3.05, 3.63) is 0 Å². The summed E-state index contributed by atoms with van der Waals surface area (Å²) >= 11 is 0. The van der Waals surface area contributed by atoms with Gasteiger partial charge >= 0.3 is 0 Å². The molecule has 25 heavy (non-hydrogen) atoms. The highest BCUT2D eigenvalue weighted by molar-refractivity contribution is 5.78. The summed E-state index contributed by atoms with van der Waals surface area (Å²) in [6.45, 7) is 20.7. The molecular formula is C20H46N4O. The zero-order valence-electron chi connectivity index (χ0n) is 17.9. The van der Waals surface area contributed by atoms with Crippen molar-refractivity contribution < 1.29 is 4.79 Å². The van der Waals surface area contributed by atoms with Crippen LogP contribution in [-0.2, 0) is 4.79 Å². The van der Waals surface area contributed by atoms with Gasteiger partial charge in [-0.05, 0) is 71.5 Å². The lowest BCUT2D eigenvalue weighted by molar-refractivity contribution is -0.124. The number of nitrogens with zero attached hydrogens (tertiary/aromatic N) is 2. The van der Waals surface area contributed by atoms with Gasteiger partial charge in [-0.15, -0.1) is 0 Å². The van der Waals surface area contributed by atoms with E-state index in [1.807, 2.05) is 20.8 Å². The SMILES string of the molecule is CC.CCC(C)C(=O)NCCCN(CC)CCCN(CC)CCCN. The quantitative estimate of drug-likeness (QED) is 0.442. The minimum absolute atomic E-state index is 0.130. The number of hydrogen-bond donors (Lipinski definition) is 2. The lowest BCUT2D eigenvalue weighted by Crippen LogP contribution is -2.34. The molecule has 0 bridgehead atoms. The minimum Gasteiger partial charge on any atom is -0.356 e. The number of rotatable bonds is 15. The number of amides is 1. The highest BCUT2D eigenvalue weighted by Gasteiger charge is 2.09. The Morgan fingerprint density at radius 1 is 0.920 bits per heavy atom. The standard InChI is InChI=1S/C18H40N4O.C2H6/c1-5-17(4)18(23)20-12-9-14-22(7-3)16-10-15-21(6-2)13-8-11-19;1-2/h17H,5-16,19H2,1-4H3,(H,20,23);1-2H3. The number of hydrogen-bond acceptors (Lipinski definition) is 4. The summed E-state index contributed by atoms with van der Waals surface area (Å²) in [4.78, 5) is 16.7. The highest BCUT2D eigenvalue weighted by Crippen LogP contribution is 2.00. The van der Waals surface area contributed by atoms with E-state index < -0.39 is 0 Å². The predicted molar refractivity (Wildman–Crippen MR) is 111 cm³/mol. The third kappa shape index (κ3) is 15.3. The van der Waals surface area contributed by atoms with E-state index in [0.717, 1.165) is 71.6 Å². The van der Waals surface area contributed by atoms with Crippen molar-refractivity contribution >= 4 is 5.91 Å². The first-order chi connectivity index (χ1) is 12.1. The van der Waals surface area contributed by atoms with Gasteiger partial charge in [0.25, 0.3) is 0 Å². The first-order valence-electron chi connectivity index (χ1n) is 10.5. The molecule has 0 rings (SSSR count). The number of nitrogens with two attached hydrogens (primary N) is 1. The second-order valence-electron chi connectivity index (χ2n) is 6.32. The van der Waals surface area contributed by atoms with E-state index in [1.54, 1.807) is 0 Å². The summed E-state index contributed by atoms with van der Waals surface area (Å²) in [5, 5.41) is 3.03. The van der Waals surface area contributed by atoms with Gasteiger partial charge in [0.05, 0.1) is 0 Å². The van der Waals surface area contributed by atoms with Crippen LogP contribution in [0.4, 0.5) is 0 Å². The average molecular weight is 359 g/mol. The highest BCUT2D eigenvalue weighted by atomic mass is 16.1. The molecule has 0 aliphatic rings. The third-order valence-corrected chi connectivity index (χ3v) is 4.53. The first kappa shape index (κ1) is 26.6. The normalized spacial score (nSPS) is 12.0. The fourth-order valence-electron chi connectivity index (χ4n) is 2.56. The maximum atomic E-state index is 11.7. The molecular weight excluding hydrogens is 312 g/mol. The van der Waals surface area contributed by atoms with Crippen LogP contribution < -0.4 is 11.1 Å². The van der Waals surface area contributed by atoms with E-state index in [-0.39, 0.29) is 11.8 Å². The van der Waals surface area contributed by atoms with Crippen LogP contribution in [0.2, 0.25) is 0 Å². The monoisotopic (exact) mass is 358 g/mol. The summed E-state index contributed by atoms with van der Waals surface area (Å²) in [5.74, 6) is 0.319. The lowest BCUT2D eigenvalue weighted by atomic mass is 10.1. The molecule has 0 saturated carbocycles. The van der Waals surface area contributed by atoms with Crippen molar-refractivity contribution in [3.63, 3.8) is 0 Å². The van der Waals surface area contributed by atoms with E-state index >= 15 is 0 Å². The van der Waals surface area contributed by atoms with Crippen LogP contribution in [0.3, 0.4) is 0 Å². The van der Waals surface area contributed by atoms with Crippen LogP contribution in [0.1, 0.15) is 67.2 Å².